The largest absolute Gasteiger partial charge is 0.503 e. The second-order valence-electron chi connectivity index (χ2n) is 10.1. The molecule has 0 radical (unpaired) electrons. The molecule has 0 saturated heterocycles. The highest BCUT2D eigenvalue weighted by molar-refractivity contribution is 6.14. The zero-order valence-electron chi connectivity index (χ0n) is 23.9. The second-order valence-corrected chi connectivity index (χ2v) is 10.1. The minimum absolute atomic E-state index is 0.0746. The minimum atomic E-state index is -0.735. The van der Waals surface area contributed by atoms with Crippen LogP contribution in [0.4, 0.5) is 0 Å². The Kier molecular flexibility index (Phi) is 11.2. The van der Waals surface area contributed by atoms with E-state index in [0.29, 0.717) is 42.6 Å². The molecule has 1 amide bonds. The first-order valence-electron chi connectivity index (χ1n) is 13.8. The molecule has 1 aliphatic rings. The lowest BCUT2D eigenvalue weighted by molar-refractivity contribution is -0.129. The summed E-state index contributed by atoms with van der Waals surface area (Å²) in [7, 11) is 1.57. The van der Waals surface area contributed by atoms with Crippen molar-refractivity contribution in [2.75, 3.05) is 39.9 Å². The topological polar surface area (TPSA) is 79.3 Å². The number of ether oxygens (including phenoxy) is 2. The van der Waals surface area contributed by atoms with Crippen LogP contribution in [-0.2, 0) is 9.59 Å². The fourth-order valence-corrected chi connectivity index (χ4v) is 4.69. The van der Waals surface area contributed by atoms with Crippen LogP contribution in [0, 0.1) is 5.92 Å². The summed E-state index contributed by atoms with van der Waals surface area (Å²) in [6, 6.07) is 14.2. The number of allylic oxidation sites excluding steroid dienone is 1. The zero-order valence-corrected chi connectivity index (χ0v) is 23.9. The van der Waals surface area contributed by atoms with E-state index >= 15 is 0 Å². The van der Waals surface area contributed by atoms with Gasteiger partial charge in [0, 0.05) is 6.54 Å². The summed E-state index contributed by atoms with van der Waals surface area (Å²) in [6.07, 6.45) is 4.73. The van der Waals surface area contributed by atoms with Crippen LogP contribution in [-0.4, -0.2) is 66.5 Å². The van der Waals surface area contributed by atoms with Gasteiger partial charge in [-0.2, -0.15) is 0 Å². The highest BCUT2D eigenvalue weighted by Crippen LogP contribution is 2.41. The third kappa shape index (κ3) is 7.73. The van der Waals surface area contributed by atoms with Gasteiger partial charge in [-0.15, -0.1) is 0 Å². The zero-order chi connectivity index (χ0) is 28.4. The third-order valence-electron chi connectivity index (χ3n) is 7.02. The molecule has 0 saturated carbocycles. The number of carbonyl (C=O) groups excluding carboxylic acids is 2. The molecule has 7 heteroatoms. The minimum Gasteiger partial charge on any atom is -0.503 e. The van der Waals surface area contributed by atoms with Crippen LogP contribution in [0.5, 0.6) is 11.5 Å². The Balaban J connectivity index is 1.95. The number of aliphatic hydroxyl groups excluding tert-OH is 1. The predicted molar refractivity (Wildman–Crippen MR) is 155 cm³/mol. The first-order chi connectivity index (χ1) is 18.8. The molecule has 0 bridgehead atoms. The van der Waals surface area contributed by atoms with Crippen molar-refractivity contribution in [1.82, 2.24) is 9.80 Å². The number of carbonyl (C=O) groups is 2. The highest BCUT2D eigenvalue weighted by Gasteiger charge is 2.42. The molecule has 0 aromatic heterocycles. The van der Waals surface area contributed by atoms with E-state index in [2.05, 4.69) is 32.6 Å². The molecule has 1 N–H and O–H groups in total. The summed E-state index contributed by atoms with van der Waals surface area (Å²) in [5, 5.41) is 10.9. The van der Waals surface area contributed by atoms with E-state index in [9.17, 15) is 14.7 Å². The summed E-state index contributed by atoms with van der Waals surface area (Å²) in [6.45, 7) is 12.1. The number of benzene rings is 2. The molecular formula is C32H42N2O5. The van der Waals surface area contributed by atoms with Gasteiger partial charge < -0.3 is 24.4 Å². The average molecular weight is 535 g/mol. The maximum atomic E-state index is 13.5. The maximum absolute atomic E-state index is 13.5. The van der Waals surface area contributed by atoms with E-state index in [0.717, 1.165) is 31.6 Å². The highest BCUT2D eigenvalue weighted by atomic mass is 16.5. The fraction of sp³-hybridized carbons (Fsp3) is 0.438. The van der Waals surface area contributed by atoms with Crippen molar-refractivity contribution in [3.63, 3.8) is 0 Å². The number of rotatable bonds is 15. The number of methoxy groups -OCH3 is 1. The Morgan fingerprint density at radius 1 is 1.10 bits per heavy atom. The van der Waals surface area contributed by atoms with Crippen LogP contribution < -0.4 is 9.47 Å². The normalized spacial score (nSPS) is 15.7. The van der Waals surface area contributed by atoms with E-state index in [-0.39, 0.29) is 5.57 Å². The van der Waals surface area contributed by atoms with E-state index < -0.39 is 23.5 Å². The molecule has 1 aliphatic heterocycles. The predicted octanol–water partition coefficient (Wildman–Crippen LogP) is 5.83. The van der Waals surface area contributed by atoms with Gasteiger partial charge in [-0.1, -0.05) is 70.2 Å². The van der Waals surface area contributed by atoms with Crippen molar-refractivity contribution in [3.8, 4) is 11.5 Å². The Labute approximate surface area is 232 Å². The van der Waals surface area contributed by atoms with Gasteiger partial charge in [-0.3, -0.25) is 9.59 Å². The number of amides is 1. The molecule has 210 valence electrons. The molecule has 0 spiro atoms. The molecule has 39 heavy (non-hydrogen) atoms. The molecular weight excluding hydrogens is 492 g/mol. The fourth-order valence-electron chi connectivity index (χ4n) is 4.69. The number of hydrogen-bond donors (Lipinski definition) is 1. The lowest BCUT2D eigenvalue weighted by atomic mass is 9.95. The van der Waals surface area contributed by atoms with E-state index in [4.69, 9.17) is 9.47 Å². The molecule has 1 unspecified atom stereocenters. The number of ketones is 1. The molecule has 0 fully saturated rings. The van der Waals surface area contributed by atoms with Crippen LogP contribution in [0.3, 0.4) is 0 Å². The number of nitrogens with zero attached hydrogens (tertiary/aromatic N) is 2. The van der Waals surface area contributed by atoms with Crippen molar-refractivity contribution in [3.05, 3.63) is 77.1 Å². The first kappa shape index (κ1) is 30.0. The smallest absolute Gasteiger partial charge is 0.290 e. The van der Waals surface area contributed by atoms with Gasteiger partial charge in [0.2, 0.25) is 0 Å². The molecule has 0 aliphatic carbocycles. The van der Waals surface area contributed by atoms with Crippen LogP contribution in [0.2, 0.25) is 0 Å². The van der Waals surface area contributed by atoms with Gasteiger partial charge >= 0.3 is 0 Å². The van der Waals surface area contributed by atoms with E-state index in [1.54, 1.807) is 24.2 Å². The van der Waals surface area contributed by atoms with Crippen LogP contribution >= 0.6 is 0 Å². The Hall–Kier alpha value is -3.58. The van der Waals surface area contributed by atoms with Gasteiger partial charge in [0.05, 0.1) is 25.3 Å². The SMILES string of the molecule is CCN(CC)CCCN1C(=O)C(O)=C(C(=O)C=Cc2ccccc2)C1c1ccc(OCCC(C)C)c(OC)c1. The lowest BCUT2D eigenvalue weighted by Gasteiger charge is -2.28. The second kappa shape index (κ2) is 14.5. The summed E-state index contributed by atoms with van der Waals surface area (Å²) >= 11 is 0. The monoisotopic (exact) mass is 534 g/mol. The van der Waals surface area contributed by atoms with Crippen LogP contribution in [0.15, 0.2) is 65.9 Å². The van der Waals surface area contributed by atoms with Crippen molar-refractivity contribution >= 4 is 17.8 Å². The van der Waals surface area contributed by atoms with Crippen LogP contribution in [0.1, 0.15) is 57.7 Å². The standard InChI is InChI=1S/C32H42N2O5/c1-6-33(7-2)19-11-20-34-30(25-15-17-27(28(22-25)38-5)39-21-18-23(3)4)29(31(36)32(34)37)26(35)16-14-24-12-9-8-10-13-24/h8-10,12-17,22-23,30,36H,6-7,11,18-21H2,1-5H3. The lowest BCUT2D eigenvalue weighted by Crippen LogP contribution is -2.34. The van der Waals surface area contributed by atoms with Crippen molar-refractivity contribution in [1.29, 1.82) is 0 Å². The quantitative estimate of drug-likeness (QED) is 0.290. The van der Waals surface area contributed by atoms with Crippen molar-refractivity contribution in [2.24, 2.45) is 5.92 Å². The summed E-state index contributed by atoms with van der Waals surface area (Å²) in [5.41, 5.74) is 1.61. The average Bonchev–Trinajstić information content (AvgIpc) is 3.19. The first-order valence-corrected chi connectivity index (χ1v) is 13.8. The van der Waals surface area contributed by atoms with Gasteiger partial charge in [0.25, 0.3) is 5.91 Å². The third-order valence-corrected chi connectivity index (χ3v) is 7.02. The molecule has 7 nitrogen and oxygen atoms in total. The summed E-state index contributed by atoms with van der Waals surface area (Å²) < 4.78 is 11.6. The molecule has 2 aromatic carbocycles. The number of aliphatic hydroxyl groups is 1. The van der Waals surface area contributed by atoms with E-state index in [1.165, 1.54) is 6.08 Å². The summed E-state index contributed by atoms with van der Waals surface area (Å²) in [4.78, 5) is 30.6. The van der Waals surface area contributed by atoms with Crippen LogP contribution in [0.25, 0.3) is 6.08 Å². The van der Waals surface area contributed by atoms with E-state index in [1.807, 2.05) is 42.5 Å². The van der Waals surface area contributed by atoms with Gasteiger partial charge in [-0.25, -0.2) is 0 Å². The Morgan fingerprint density at radius 2 is 1.82 bits per heavy atom. The van der Waals surface area contributed by atoms with Crippen molar-refractivity contribution in [2.45, 2.75) is 46.6 Å². The molecule has 1 heterocycles. The summed E-state index contributed by atoms with van der Waals surface area (Å²) in [5.74, 6) is 0.190. The Morgan fingerprint density at radius 3 is 2.46 bits per heavy atom. The van der Waals surface area contributed by atoms with Gasteiger partial charge in [-0.05, 0) is 67.7 Å². The van der Waals surface area contributed by atoms with Gasteiger partial charge in [0.15, 0.2) is 23.0 Å². The number of hydrogen-bond acceptors (Lipinski definition) is 6. The Bertz CT molecular complexity index is 1170. The molecule has 1 atom stereocenters. The maximum Gasteiger partial charge on any atom is 0.290 e. The van der Waals surface area contributed by atoms with Crippen molar-refractivity contribution < 1.29 is 24.2 Å². The molecule has 2 aromatic rings. The molecule has 3 rings (SSSR count). The van der Waals surface area contributed by atoms with Gasteiger partial charge in [0.1, 0.15) is 0 Å².